The van der Waals surface area contributed by atoms with Crippen molar-refractivity contribution in [2.75, 3.05) is 31.4 Å². The van der Waals surface area contributed by atoms with Crippen LogP contribution in [0.25, 0.3) is 11.5 Å². The number of hydrogen-bond acceptors (Lipinski definition) is 6. The van der Waals surface area contributed by atoms with Gasteiger partial charge in [-0.15, -0.1) is 0 Å². The number of aromatic nitrogens is 1. The smallest absolute Gasteiger partial charge is 0.411 e. The maximum Gasteiger partial charge on any atom is 0.411 e. The molecule has 0 aliphatic carbocycles. The maximum absolute atomic E-state index is 12.1. The van der Waals surface area contributed by atoms with Gasteiger partial charge < -0.3 is 24.5 Å². The summed E-state index contributed by atoms with van der Waals surface area (Å²) in [5, 5.41) is 7.99. The summed E-state index contributed by atoms with van der Waals surface area (Å²) in [6.07, 6.45) is 1.50. The van der Waals surface area contributed by atoms with Crippen LogP contribution in [0.1, 0.15) is 5.69 Å². The zero-order valence-corrected chi connectivity index (χ0v) is 16.6. The second-order valence-electron chi connectivity index (χ2n) is 6.20. The van der Waals surface area contributed by atoms with Crippen LogP contribution in [0.4, 0.5) is 21.0 Å². The number of urea groups is 1. The van der Waals surface area contributed by atoms with Gasteiger partial charge in [-0.2, -0.15) is 0 Å². The monoisotopic (exact) mass is 410 g/mol. The third kappa shape index (κ3) is 5.74. The van der Waals surface area contributed by atoms with Crippen molar-refractivity contribution >= 4 is 23.5 Å². The molecule has 0 aliphatic heterocycles. The van der Waals surface area contributed by atoms with E-state index in [1.165, 1.54) is 7.11 Å². The number of carbonyl (C=O) groups is 2. The van der Waals surface area contributed by atoms with Gasteiger partial charge in [0.15, 0.2) is 0 Å². The highest BCUT2D eigenvalue weighted by atomic mass is 16.5. The van der Waals surface area contributed by atoms with Crippen LogP contribution in [0.3, 0.4) is 0 Å². The summed E-state index contributed by atoms with van der Waals surface area (Å²) in [6.45, 7) is 0.376. The molecule has 0 fully saturated rings. The first-order chi connectivity index (χ1) is 14.6. The van der Waals surface area contributed by atoms with Crippen molar-refractivity contribution in [2.45, 2.75) is 6.42 Å². The number of amides is 3. The van der Waals surface area contributed by atoms with Crippen LogP contribution in [-0.4, -0.2) is 37.9 Å². The topological polar surface area (TPSA) is 115 Å². The van der Waals surface area contributed by atoms with Gasteiger partial charge in [0.25, 0.3) is 0 Å². The molecule has 3 N–H and O–H groups in total. The first-order valence-electron chi connectivity index (χ1n) is 9.16. The Balaban J connectivity index is 1.47. The molecule has 3 rings (SSSR count). The molecule has 0 aliphatic rings. The summed E-state index contributed by atoms with van der Waals surface area (Å²) in [6, 6.07) is 13.7. The van der Waals surface area contributed by atoms with Gasteiger partial charge in [-0.3, -0.25) is 5.32 Å². The SMILES string of the molecule is COC(=O)Nc1cccc(NC(=O)NCCc2coc(-c3ccc(OC)cc3)n2)c1. The highest BCUT2D eigenvalue weighted by Gasteiger charge is 2.08. The van der Waals surface area contributed by atoms with Crippen molar-refractivity contribution in [3.8, 4) is 17.2 Å². The van der Waals surface area contributed by atoms with E-state index in [0.29, 0.717) is 30.2 Å². The third-order valence-corrected chi connectivity index (χ3v) is 4.11. The molecule has 0 spiro atoms. The van der Waals surface area contributed by atoms with Crippen LogP contribution in [0.15, 0.2) is 59.2 Å². The largest absolute Gasteiger partial charge is 0.497 e. The van der Waals surface area contributed by atoms with Crippen molar-refractivity contribution in [3.63, 3.8) is 0 Å². The summed E-state index contributed by atoms with van der Waals surface area (Å²) < 4.78 is 15.2. The average molecular weight is 410 g/mol. The Bertz CT molecular complexity index is 1000. The maximum atomic E-state index is 12.1. The molecule has 9 nitrogen and oxygen atoms in total. The highest BCUT2D eigenvalue weighted by molar-refractivity contribution is 5.91. The second-order valence-corrected chi connectivity index (χ2v) is 6.20. The standard InChI is InChI=1S/C21H22N4O5/c1-28-18-8-6-14(7-9-18)19-23-17(13-30-19)10-11-22-20(26)24-15-4-3-5-16(12-15)25-21(27)29-2/h3-9,12-13H,10-11H2,1-2H3,(H,25,27)(H2,22,24,26). The number of anilines is 2. The minimum absolute atomic E-state index is 0.371. The first kappa shape index (κ1) is 20.7. The molecule has 0 radical (unpaired) electrons. The molecule has 0 atom stereocenters. The minimum atomic E-state index is -0.585. The highest BCUT2D eigenvalue weighted by Crippen LogP contribution is 2.21. The molecule has 9 heteroatoms. The van der Waals surface area contributed by atoms with E-state index in [4.69, 9.17) is 9.15 Å². The summed E-state index contributed by atoms with van der Waals surface area (Å²) in [7, 11) is 2.89. The van der Waals surface area contributed by atoms with Gasteiger partial charge in [-0.05, 0) is 42.5 Å². The predicted molar refractivity (Wildman–Crippen MR) is 112 cm³/mol. The lowest BCUT2D eigenvalue weighted by Crippen LogP contribution is -2.30. The van der Waals surface area contributed by atoms with E-state index in [9.17, 15) is 9.59 Å². The van der Waals surface area contributed by atoms with E-state index in [0.717, 1.165) is 17.0 Å². The molecule has 1 aromatic heterocycles. The van der Waals surface area contributed by atoms with Crippen LogP contribution in [-0.2, 0) is 11.2 Å². The molecule has 30 heavy (non-hydrogen) atoms. The fraction of sp³-hybridized carbons (Fsp3) is 0.190. The lowest BCUT2D eigenvalue weighted by atomic mass is 10.2. The van der Waals surface area contributed by atoms with E-state index in [2.05, 4.69) is 25.7 Å². The molecule has 3 aromatic rings. The lowest BCUT2D eigenvalue weighted by molar-refractivity contribution is 0.187. The van der Waals surface area contributed by atoms with Gasteiger partial charge in [0.05, 0.1) is 19.9 Å². The van der Waals surface area contributed by atoms with Gasteiger partial charge in [-0.1, -0.05) is 6.07 Å². The molecule has 0 unspecified atom stereocenters. The Labute approximate surface area is 173 Å². The van der Waals surface area contributed by atoms with Crippen molar-refractivity contribution < 1.29 is 23.5 Å². The quantitative estimate of drug-likeness (QED) is 0.544. The molecular formula is C21H22N4O5. The van der Waals surface area contributed by atoms with Gasteiger partial charge in [0.1, 0.15) is 12.0 Å². The number of ether oxygens (including phenoxy) is 2. The summed E-state index contributed by atoms with van der Waals surface area (Å²) >= 11 is 0. The number of oxazole rings is 1. The summed E-state index contributed by atoms with van der Waals surface area (Å²) in [5.74, 6) is 1.26. The molecule has 3 amide bonds. The van der Waals surface area contributed by atoms with E-state index in [1.807, 2.05) is 24.3 Å². The fourth-order valence-electron chi connectivity index (χ4n) is 2.61. The Morgan fingerprint density at radius 2 is 1.77 bits per heavy atom. The van der Waals surface area contributed by atoms with Crippen LogP contribution >= 0.6 is 0 Å². The van der Waals surface area contributed by atoms with Crippen LogP contribution in [0.5, 0.6) is 5.75 Å². The fourth-order valence-corrected chi connectivity index (χ4v) is 2.61. The molecule has 0 saturated heterocycles. The average Bonchev–Trinajstić information content (AvgIpc) is 3.23. The third-order valence-electron chi connectivity index (χ3n) is 4.11. The number of carbonyl (C=O) groups excluding carboxylic acids is 2. The Hall–Kier alpha value is -4.01. The molecule has 0 saturated carbocycles. The lowest BCUT2D eigenvalue weighted by Gasteiger charge is -2.09. The number of hydrogen-bond donors (Lipinski definition) is 3. The second kappa shape index (κ2) is 9.97. The zero-order valence-electron chi connectivity index (χ0n) is 16.6. The molecule has 2 aromatic carbocycles. The molecular weight excluding hydrogens is 388 g/mol. The number of methoxy groups -OCH3 is 2. The first-order valence-corrected chi connectivity index (χ1v) is 9.16. The normalized spacial score (nSPS) is 10.2. The van der Waals surface area contributed by atoms with Crippen molar-refractivity contribution in [1.29, 1.82) is 0 Å². The van der Waals surface area contributed by atoms with Crippen LogP contribution in [0.2, 0.25) is 0 Å². The van der Waals surface area contributed by atoms with E-state index in [-0.39, 0.29) is 6.03 Å². The summed E-state index contributed by atoms with van der Waals surface area (Å²) in [4.78, 5) is 27.8. The molecule has 156 valence electrons. The predicted octanol–water partition coefficient (Wildman–Crippen LogP) is 3.89. The van der Waals surface area contributed by atoms with Crippen molar-refractivity contribution in [2.24, 2.45) is 0 Å². The minimum Gasteiger partial charge on any atom is -0.497 e. The molecule has 1 heterocycles. The van der Waals surface area contributed by atoms with Crippen molar-refractivity contribution in [3.05, 3.63) is 60.5 Å². The number of nitrogens with zero attached hydrogens (tertiary/aromatic N) is 1. The van der Waals surface area contributed by atoms with E-state index >= 15 is 0 Å². The Kier molecular flexibility index (Phi) is 6.88. The van der Waals surface area contributed by atoms with Crippen LogP contribution < -0.4 is 20.7 Å². The number of nitrogens with one attached hydrogen (secondary N) is 3. The van der Waals surface area contributed by atoms with Gasteiger partial charge >= 0.3 is 12.1 Å². The summed E-state index contributed by atoms with van der Waals surface area (Å²) in [5.41, 5.74) is 2.61. The van der Waals surface area contributed by atoms with E-state index in [1.54, 1.807) is 37.6 Å². The van der Waals surface area contributed by atoms with Crippen molar-refractivity contribution in [1.82, 2.24) is 10.3 Å². The van der Waals surface area contributed by atoms with Crippen LogP contribution in [0, 0.1) is 0 Å². The van der Waals surface area contributed by atoms with Gasteiger partial charge in [0, 0.05) is 29.9 Å². The van der Waals surface area contributed by atoms with E-state index < -0.39 is 6.09 Å². The Morgan fingerprint density at radius 3 is 2.47 bits per heavy atom. The number of benzene rings is 2. The van der Waals surface area contributed by atoms with Gasteiger partial charge in [-0.25, -0.2) is 14.6 Å². The zero-order chi connectivity index (χ0) is 21.3. The van der Waals surface area contributed by atoms with Gasteiger partial charge in [0.2, 0.25) is 5.89 Å². The Morgan fingerprint density at radius 1 is 1.03 bits per heavy atom. The molecule has 0 bridgehead atoms. The number of rotatable bonds is 7.